The highest BCUT2D eigenvalue weighted by atomic mass is 79.9. The molecule has 0 aromatic rings. The van der Waals surface area contributed by atoms with Gasteiger partial charge in [0.15, 0.2) is 0 Å². The molecule has 9 heavy (non-hydrogen) atoms. The number of nitrogens with two attached hydrogens (primary N) is 1. The third kappa shape index (κ3) is 3.01. The molecule has 0 fully saturated rings. The summed E-state index contributed by atoms with van der Waals surface area (Å²) in [7, 11) is 0. The highest BCUT2D eigenvalue weighted by Crippen LogP contribution is 2.16. The van der Waals surface area contributed by atoms with E-state index in [2.05, 4.69) is 29.8 Å². The van der Waals surface area contributed by atoms with Crippen LogP contribution in [-0.4, -0.2) is 6.54 Å². The Labute approximate surface area is 65.4 Å². The molecule has 0 aromatic heterocycles. The van der Waals surface area contributed by atoms with Crippen molar-refractivity contribution in [3.8, 4) is 0 Å². The van der Waals surface area contributed by atoms with Crippen LogP contribution in [0.25, 0.3) is 0 Å². The van der Waals surface area contributed by atoms with Crippen LogP contribution in [0.3, 0.4) is 0 Å². The third-order valence-corrected chi connectivity index (χ3v) is 2.30. The molecular formula is C7H14BrN. The predicted octanol–water partition coefficient (Wildman–Crippen LogP) is 2.41. The van der Waals surface area contributed by atoms with Crippen molar-refractivity contribution in [3.63, 3.8) is 0 Å². The van der Waals surface area contributed by atoms with Gasteiger partial charge in [-0.1, -0.05) is 35.4 Å². The Hall–Kier alpha value is 0.180. The van der Waals surface area contributed by atoms with E-state index in [-0.39, 0.29) is 0 Å². The van der Waals surface area contributed by atoms with Crippen molar-refractivity contribution in [3.05, 3.63) is 10.1 Å². The maximum Gasteiger partial charge on any atom is 0.0244 e. The average Bonchev–Trinajstić information content (AvgIpc) is 1.90. The summed E-state index contributed by atoms with van der Waals surface area (Å²) < 4.78 is 1.17. The van der Waals surface area contributed by atoms with Gasteiger partial charge in [-0.3, -0.25) is 0 Å². The predicted molar refractivity (Wildman–Crippen MR) is 45.6 cm³/mol. The zero-order chi connectivity index (χ0) is 7.28. The Kier molecular flexibility index (Phi) is 5.10. The van der Waals surface area contributed by atoms with Gasteiger partial charge in [-0.2, -0.15) is 0 Å². The SMILES string of the molecule is CCC(CC)=C(Br)CN. The summed E-state index contributed by atoms with van der Waals surface area (Å²) in [5.74, 6) is 0. The van der Waals surface area contributed by atoms with Gasteiger partial charge >= 0.3 is 0 Å². The minimum absolute atomic E-state index is 0.636. The second-order valence-corrected chi connectivity index (χ2v) is 2.88. The molecule has 0 spiro atoms. The Morgan fingerprint density at radius 1 is 1.33 bits per heavy atom. The molecule has 0 saturated heterocycles. The van der Waals surface area contributed by atoms with Gasteiger partial charge in [-0.15, -0.1) is 0 Å². The Morgan fingerprint density at radius 2 is 1.78 bits per heavy atom. The van der Waals surface area contributed by atoms with E-state index in [1.807, 2.05) is 0 Å². The molecule has 0 aliphatic rings. The van der Waals surface area contributed by atoms with Gasteiger partial charge < -0.3 is 5.73 Å². The van der Waals surface area contributed by atoms with Crippen LogP contribution in [0.5, 0.6) is 0 Å². The molecule has 0 aromatic carbocycles. The summed E-state index contributed by atoms with van der Waals surface area (Å²) in [6, 6.07) is 0. The van der Waals surface area contributed by atoms with Gasteiger partial charge in [0.1, 0.15) is 0 Å². The number of allylic oxidation sites excluding steroid dienone is 1. The topological polar surface area (TPSA) is 26.0 Å². The van der Waals surface area contributed by atoms with E-state index < -0.39 is 0 Å². The highest BCUT2D eigenvalue weighted by Gasteiger charge is 1.95. The minimum atomic E-state index is 0.636. The first-order valence-electron chi connectivity index (χ1n) is 3.32. The molecule has 0 saturated carbocycles. The average molecular weight is 192 g/mol. The molecule has 0 atom stereocenters. The van der Waals surface area contributed by atoms with Crippen LogP contribution in [0.2, 0.25) is 0 Å². The zero-order valence-corrected chi connectivity index (χ0v) is 7.66. The van der Waals surface area contributed by atoms with Crippen molar-refractivity contribution in [1.82, 2.24) is 0 Å². The van der Waals surface area contributed by atoms with Crippen LogP contribution in [0.15, 0.2) is 10.1 Å². The van der Waals surface area contributed by atoms with Crippen molar-refractivity contribution < 1.29 is 0 Å². The van der Waals surface area contributed by atoms with E-state index in [0.29, 0.717) is 6.54 Å². The van der Waals surface area contributed by atoms with Crippen molar-refractivity contribution in [2.24, 2.45) is 5.73 Å². The molecule has 54 valence electrons. The lowest BCUT2D eigenvalue weighted by atomic mass is 10.1. The van der Waals surface area contributed by atoms with Crippen LogP contribution >= 0.6 is 15.9 Å². The van der Waals surface area contributed by atoms with Crippen molar-refractivity contribution in [2.45, 2.75) is 26.7 Å². The van der Waals surface area contributed by atoms with Gasteiger partial charge in [0.2, 0.25) is 0 Å². The van der Waals surface area contributed by atoms with Crippen LogP contribution < -0.4 is 5.73 Å². The first-order chi connectivity index (χ1) is 4.26. The first kappa shape index (κ1) is 9.18. The van der Waals surface area contributed by atoms with Gasteiger partial charge in [-0.25, -0.2) is 0 Å². The third-order valence-electron chi connectivity index (χ3n) is 1.42. The molecular weight excluding hydrogens is 178 g/mol. The Bertz CT molecular complexity index is 101. The number of hydrogen-bond acceptors (Lipinski definition) is 1. The Morgan fingerprint density at radius 3 is 1.89 bits per heavy atom. The van der Waals surface area contributed by atoms with E-state index >= 15 is 0 Å². The maximum absolute atomic E-state index is 5.42. The quantitative estimate of drug-likeness (QED) is 0.729. The normalized spacial score (nSPS) is 9.33. The van der Waals surface area contributed by atoms with E-state index in [9.17, 15) is 0 Å². The molecule has 2 N–H and O–H groups in total. The zero-order valence-electron chi connectivity index (χ0n) is 6.08. The second kappa shape index (κ2) is 5.00. The highest BCUT2D eigenvalue weighted by molar-refractivity contribution is 9.11. The summed E-state index contributed by atoms with van der Waals surface area (Å²) in [6.45, 7) is 4.93. The Balaban J connectivity index is 4.01. The summed E-state index contributed by atoms with van der Waals surface area (Å²) in [6.07, 6.45) is 2.21. The molecule has 0 bridgehead atoms. The van der Waals surface area contributed by atoms with Gasteiger partial charge in [-0.05, 0) is 12.8 Å². The van der Waals surface area contributed by atoms with Crippen LogP contribution in [0.4, 0.5) is 0 Å². The number of hydrogen-bond donors (Lipinski definition) is 1. The molecule has 0 radical (unpaired) electrons. The lowest BCUT2D eigenvalue weighted by molar-refractivity contribution is 0.956. The molecule has 0 unspecified atom stereocenters. The second-order valence-electron chi connectivity index (χ2n) is 1.92. The fourth-order valence-corrected chi connectivity index (χ4v) is 1.34. The summed E-state index contributed by atoms with van der Waals surface area (Å²) >= 11 is 3.42. The molecule has 2 heteroatoms. The fraction of sp³-hybridized carbons (Fsp3) is 0.714. The lowest BCUT2D eigenvalue weighted by Gasteiger charge is -2.02. The molecule has 0 amide bonds. The molecule has 0 heterocycles. The lowest BCUT2D eigenvalue weighted by Crippen LogP contribution is -2.00. The van der Waals surface area contributed by atoms with E-state index in [4.69, 9.17) is 5.73 Å². The van der Waals surface area contributed by atoms with Crippen molar-refractivity contribution in [1.29, 1.82) is 0 Å². The van der Waals surface area contributed by atoms with Crippen LogP contribution in [0, 0.1) is 0 Å². The van der Waals surface area contributed by atoms with Crippen molar-refractivity contribution >= 4 is 15.9 Å². The molecule has 0 aliphatic heterocycles. The maximum atomic E-state index is 5.42. The van der Waals surface area contributed by atoms with Gasteiger partial charge in [0, 0.05) is 11.0 Å². The number of rotatable bonds is 3. The smallest absolute Gasteiger partial charge is 0.0244 e. The molecule has 1 nitrogen and oxygen atoms in total. The van der Waals surface area contributed by atoms with E-state index in [1.54, 1.807) is 0 Å². The van der Waals surface area contributed by atoms with Gasteiger partial charge in [0.05, 0.1) is 0 Å². The fourth-order valence-electron chi connectivity index (χ4n) is 0.778. The van der Waals surface area contributed by atoms with Crippen molar-refractivity contribution in [2.75, 3.05) is 6.54 Å². The molecule has 0 rings (SSSR count). The van der Waals surface area contributed by atoms with Crippen LogP contribution in [-0.2, 0) is 0 Å². The standard InChI is InChI=1S/C7H14BrN/c1-3-6(4-2)7(8)5-9/h3-5,9H2,1-2H3. The van der Waals surface area contributed by atoms with E-state index in [1.165, 1.54) is 10.1 Å². The first-order valence-corrected chi connectivity index (χ1v) is 4.12. The van der Waals surface area contributed by atoms with Gasteiger partial charge in [0.25, 0.3) is 0 Å². The summed E-state index contributed by atoms with van der Waals surface area (Å²) in [4.78, 5) is 0. The minimum Gasteiger partial charge on any atom is -0.326 e. The molecule has 0 aliphatic carbocycles. The number of halogens is 1. The van der Waals surface area contributed by atoms with Crippen LogP contribution in [0.1, 0.15) is 26.7 Å². The summed E-state index contributed by atoms with van der Waals surface area (Å²) in [5, 5.41) is 0. The van der Waals surface area contributed by atoms with E-state index in [0.717, 1.165) is 12.8 Å². The largest absolute Gasteiger partial charge is 0.326 e. The monoisotopic (exact) mass is 191 g/mol. The summed E-state index contributed by atoms with van der Waals surface area (Å²) in [5.41, 5.74) is 6.85.